The van der Waals surface area contributed by atoms with Gasteiger partial charge >= 0.3 is 0 Å². The first-order chi connectivity index (χ1) is 16.6. The molecule has 0 aliphatic rings. The third kappa shape index (κ3) is 6.15. The van der Waals surface area contributed by atoms with Gasteiger partial charge in [-0.1, -0.05) is 85.8 Å². The van der Waals surface area contributed by atoms with Crippen LogP contribution in [0.25, 0.3) is 10.8 Å². The molecule has 1 heteroatoms. The first kappa shape index (κ1) is 23.4. The Morgan fingerprint density at radius 3 is 1.79 bits per heavy atom. The van der Waals surface area contributed by atoms with Gasteiger partial charge < -0.3 is 0 Å². The molecule has 0 radical (unpaired) electrons. The lowest BCUT2D eigenvalue weighted by Crippen LogP contribution is -1.93. The van der Waals surface area contributed by atoms with Crippen molar-refractivity contribution in [3.8, 4) is 23.7 Å². The highest BCUT2D eigenvalue weighted by Gasteiger charge is 2.07. The molecular formula is C33H29F. The lowest BCUT2D eigenvalue weighted by molar-refractivity contribution is 0.603. The van der Waals surface area contributed by atoms with Crippen molar-refractivity contribution in [2.45, 2.75) is 46.0 Å². The quantitative estimate of drug-likeness (QED) is 0.215. The van der Waals surface area contributed by atoms with E-state index in [0.717, 1.165) is 52.5 Å². The highest BCUT2D eigenvalue weighted by molar-refractivity contribution is 5.85. The predicted octanol–water partition coefficient (Wildman–Crippen LogP) is 8.21. The number of fused-ring (bicyclic) bond motifs is 1. The van der Waals surface area contributed by atoms with E-state index in [1.54, 1.807) is 0 Å². The molecule has 0 aromatic heterocycles. The van der Waals surface area contributed by atoms with Crippen LogP contribution < -0.4 is 0 Å². The van der Waals surface area contributed by atoms with Crippen LogP contribution in [0.5, 0.6) is 0 Å². The molecule has 0 N–H and O–H groups in total. The van der Waals surface area contributed by atoms with Gasteiger partial charge in [-0.15, -0.1) is 0 Å². The highest BCUT2D eigenvalue weighted by Crippen LogP contribution is 2.24. The fourth-order valence-electron chi connectivity index (χ4n) is 3.91. The van der Waals surface area contributed by atoms with Crippen LogP contribution in [0, 0.1) is 36.4 Å². The third-order valence-electron chi connectivity index (χ3n) is 5.97. The normalized spacial score (nSPS) is 10.3. The first-order valence-electron chi connectivity index (χ1n) is 12.0. The van der Waals surface area contributed by atoms with Gasteiger partial charge in [0.25, 0.3) is 0 Å². The highest BCUT2D eigenvalue weighted by atomic mass is 19.1. The van der Waals surface area contributed by atoms with Gasteiger partial charge in [-0.2, -0.15) is 0 Å². The maximum atomic E-state index is 14.9. The summed E-state index contributed by atoms with van der Waals surface area (Å²) in [6.45, 7) is 4.26. The van der Waals surface area contributed by atoms with Gasteiger partial charge in [-0.25, -0.2) is 4.39 Å². The van der Waals surface area contributed by atoms with Crippen molar-refractivity contribution in [3.05, 3.63) is 118 Å². The van der Waals surface area contributed by atoms with Gasteiger partial charge in [0.15, 0.2) is 0 Å². The van der Waals surface area contributed by atoms with Crippen molar-refractivity contribution >= 4 is 10.8 Å². The van der Waals surface area contributed by atoms with Gasteiger partial charge in [-0.3, -0.25) is 0 Å². The Labute approximate surface area is 202 Å². The molecule has 0 spiro atoms. The monoisotopic (exact) mass is 444 g/mol. The fraction of sp³-hybridized carbons (Fsp3) is 0.212. The Morgan fingerprint density at radius 2 is 1.18 bits per heavy atom. The van der Waals surface area contributed by atoms with Crippen molar-refractivity contribution in [1.29, 1.82) is 0 Å². The SMILES string of the molecule is CCCCCCc1ccc2cc(C#Cc3ccc(C#Cc4ccc(C)cc4)cc3)ccc2c1F. The number of hydrogen-bond acceptors (Lipinski definition) is 0. The maximum Gasteiger partial charge on any atom is 0.134 e. The van der Waals surface area contributed by atoms with E-state index in [1.165, 1.54) is 18.4 Å². The van der Waals surface area contributed by atoms with E-state index in [4.69, 9.17) is 0 Å². The van der Waals surface area contributed by atoms with Crippen LogP contribution in [0.2, 0.25) is 0 Å². The summed E-state index contributed by atoms with van der Waals surface area (Å²) in [7, 11) is 0. The summed E-state index contributed by atoms with van der Waals surface area (Å²) in [6, 6.07) is 25.8. The van der Waals surface area contributed by atoms with Crippen LogP contribution in [-0.4, -0.2) is 0 Å². The minimum Gasteiger partial charge on any atom is -0.206 e. The number of aryl methyl sites for hydroxylation is 2. The van der Waals surface area contributed by atoms with Crippen LogP contribution >= 0.6 is 0 Å². The van der Waals surface area contributed by atoms with E-state index >= 15 is 0 Å². The molecule has 0 fully saturated rings. The molecule has 0 saturated heterocycles. The van der Waals surface area contributed by atoms with Gasteiger partial charge in [0.1, 0.15) is 5.82 Å². The zero-order chi connectivity index (χ0) is 23.8. The average Bonchev–Trinajstić information content (AvgIpc) is 2.87. The Hall–Kier alpha value is -3.81. The van der Waals surface area contributed by atoms with Crippen molar-refractivity contribution < 1.29 is 4.39 Å². The van der Waals surface area contributed by atoms with E-state index in [2.05, 4.69) is 49.7 Å². The number of unbranched alkanes of at least 4 members (excludes halogenated alkanes) is 3. The molecule has 4 aromatic carbocycles. The minimum atomic E-state index is -0.0872. The summed E-state index contributed by atoms with van der Waals surface area (Å²) < 4.78 is 14.9. The molecule has 0 unspecified atom stereocenters. The molecule has 0 nitrogen and oxygen atoms in total. The number of benzene rings is 4. The third-order valence-corrected chi connectivity index (χ3v) is 5.97. The molecule has 4 aromatic rings. The van der Waals surface area contributed by atoms with Gasteiger partial charge in [-0.05, 0) is 79.2 Å². The largest absolute Gasteiger partial charge is 0.206 e. The zero-order valence-corrected chi connectivity index (χ0v) is 19.9. The topological polar surface area (TPSA) is 0 Å². The van der Waals surface area contributed by atoms with E-state index in [-0.39, 0.29) is 5.82 Å². The Balaban J connectivity index is 1.45. The minimum absolute atomic E-state index is 0.0872. The Kier molecular flexibility index (Phi) is 7.80. The van der Waals surface area contributed by atoms with Crippen molar-refractivity contribution in [2.24, 2.45) is 0 Å². The van der Waals surface area contributed by atoms with E-state index in [0.29, 0.717) is 5.39 Å². The summed E-state index contributed by atoms with van der Waals surface area (Å²) in [4.78, 5) is 0. The van der Waals surface area contributed by atoms with Gasteiger partial charge in [0.05, 0.1) is 0 Å². The van der Waals surface area contributed by atoms with Crippen molar-refractivity contribution in [3.63, 3.8) is 0 Å². The predicted molar refractivity (Wildman–Crippen MR) is 141 cm³/mol. The van der Waals surface area contributed by atoms with Crippen molar-refractivity contribution in [2.75, 3.05) is 0 Å². The summed E-state index contributed by atoms with van der Waals surface area (Å²) >= 11 is 0. The second-order valence-electron chi connectivity index (χ2n) is 8.73. The smallest absolute Gasteiger partial charge is 0.134 e. The van der Waals surface area contributed by atoms with E-state index < -0.39 is 0 Å². The molecule has 0 amide bonds. The maximum absolute atomic E-state index is 14.9. The molecule has 0 saturated carbocycles. The summed E-state index contributed by atoms with van der Waals surface area (Å²) in [5.41, 5.74) is 5.81. The molecule has 0 aliphatic heterocycles. The zero-order valence-electron chi connectivity index (χ0n) is 19.9. The molecule has 0 bridgehead atoms. The number of rotatable bonds is 5. The van der Waals surface area contributed by atoms with Crippen molar-refractivity contribution in [1.82, 2.24) is 0 Å². The van der Waals surface area contributed by atoms with Gasteiger partial charge in [0, 0.05) is 27.6 Å². The molecule has 0 atom stereocenters. The molecule has 0 heterocycles. The summed E-state index contributed by atoms with van der Waals surface area (Å²) in [5.74, 6) is 12.7. The fourth-order valence-corrected chi connectivity index (χ4v) is 3.91. The van der Waals surface area contributed by atoms with Crippen LogP contribution in [-0.2, 0) is 6.42 Å². The second kappa shape index (κ2) is 11.4. The molecule has 4 rings (SSSR count). The van der Waals surface area contributed by atoms with Crippen LogP contribution in [0.15, 0.2) is 78.9 Å². The Morgan fingerprint density at radius 1 is 0.618 bits per heavy atom. The standard InChI is InChI=1S/C33H29F/c1-3-4-5-6-7-30-21-22-31-24-29(20-23-32(31)33(30)34)19-18-28-16-14-27(15-17-28)13-12-26-10-8-25(2)9-11-26/h8-11,14-17,20-24H,3-7H2,1-2H3. The van der Waals surface area contributed by atoms with Crippen LogP contribution in [0.3, 0.4) is 0 Å². The van der Waals surface area contributed by atoms with Crippen LogP contribution in [0.4, 0.5) is 4.39 Å². The van der Waals surface area contributed by atoms with E-state index in [1.807, 2.05) is 66.7 Å². The molecular weight excluding hydrogens is 415 g/mol. The second-order valence-corrected chi connectivity index (χ2v) is 8.73. The number of hydrogen-bond donors (Lipinski definition) is 0. The molecule has 0 aliphatic carbocycles. The first-order valence-corrected chi connectivity index (χ1v) is 12.0. The summed E-state index contributed by atoms with van der Waals surface area (Å²) in [5, 5.41) is 1.57. The average molecular weight is 445 g/mol. The summed E-state index contributed by atoms with van der Waals surface area (Å²) in [6.07, 6.45) is 5.39. The number of halogens is 1. The van der Waals surface area contributed by atoms with Crippen LogP contribution in [0.1, 0.15) is 66.0 Å². The lowest BCUT2D eigenvalue weighted by atomic mass is 10.00. The van der Waals surface area contributed by atoms with E-state index in [9.17, 15) is 4.39 Å². The molecule has 34 heavy (non-hydrogen) atoms. The van der Waals surface area contributed by atoms with Gasteiger partial charge in [0.2, 0.25) is 0 Å². The Bertz CT molecular complexity index is 1390. The molecule has 168 valence electrons. The lowest BCUT2D eigenvalue weighted by Gasteiger charge is -2.07.